The molecule has 5 unspecified atom stereocenters. The van der Waals surface area contributed by atoms with Crippen LogP contribution in [0.5, 0.6) is 0 Å². The molecule has 0 aromatic heterocycles. The lowest BCUT2D eigenvalue weighted by Gasteiger charge is -2.44. The minimum atomic E-state index is -1.23. The number of ether oxygens (including phenoxy) is 6. The van der Waals surface area contributed by atoms with Crippen LogP contribution in [0.1, 0.15) is 47.0 Å². The molecule has 15 heteroatoms. The highest BCUT2D eigenvalue weighted by atomic mass is 16.7. The summed E-state index contributed by atoms with van der Waals surface area (Å²) in [4.78, 5) is 68.9. The maximum Gasteiger partial charge on any atom is 0.303 e. The predicted molar refractivity (Wildman–Crippen MR) is 125 cm³/mol. The molecule has 216 valence electrons. The van der Waals surface area contributed by atoms with Crippen LogP contribution in [-0.2, 0) is 57.2 Å². The number of carboxylic acids is 1. The molecule has 1 rings (SSSR count). The van der Waals surface area contributed by atoms with E-state index in [0.29, 0.717) is 0 Å². The summed E-state index contributed by atoms with van der Waals surface area (Å²) in [5.41, 5.74) is 0. The number of esters is 3. The number of amides is 2. The molecule has 0 spiro atoms. The van der Waals surface area contributed by atoms with Crippen LogP contribution in [0.15, 0.2) is 0 Å². The molecule has 0 bridgehead atoms. The highest BCUT2D eigenvalue weighted by Gasteiger charge is 2.51. The van der Waals surface area contributed by atoms with Gasteiger partial charge in [-0.15, -0.1) is 0 Å². The van der Waals surface area contributed by atoms with Crippen molar-refractivity contribution in [3.05, 3.63) is 0 Å². The van der Waals surface area contributed by atoms with Crippen molar-refractivity contribution < 1.29 is 62.3 Å². The van der Waals surface area contributed by atoms with Crippen LogP contribution in [-0.4, -0.2) is 104 Å². The number of hydrogen-bond donors (Lipinski definition) is 3. The SMILES string of the molecule is CC(=O)NC1C(OCCOCCNC(=O)CCCC(=O)O)OC(COC(C)=O)C(OC(C)=O)C1OC(C)=O. The molecular weight excluding hydrogens is 512 g/mol. The topological polar surface area (TPSA) is 202 Å². The summed E-state index contributed by atoms with van der Waals surface area (Å²) in [6, 6.07) is -1.08. The van der Waals surface area contributed by atoms with Gasteiger partial charge in [-0.1, -0.05) is 0 Å². The number of carbonyl (C=O) groups excluding carboxylic acids is 5. The molecule has 1 fully saturated rings. The molecule has 1 saturated heterocycles. The van der Waals surface area contributed by atoms with Crippen molar-refractivity contribution in [2.24, 2.45) is 0 Å². The average Bonchev–Trinajstić information content (AvgIpc) is 2.79. The second kappa shape index (κ2) is 17.3. The number of carbonyl (C=O) groups is 6. The second-order valence-corrected chi connectivity index (χ2v) is 8.30. The molecular formula is C23H36N2O13. The monoisotopic (exact) mass is 548 g/mol. The van der Waals surface area contributed by atoms with Gasteiger partial charge in [-0.25, -0.2) is 0 Å². The third kappa shape index (κ3) is 13.3. The minimum Gasteiger partial charge on any atom is -0.481 e. The van der Waals surface area contributed by atoms with Crippen LogP contribution >= 0.6 is 0 Å². The maximum atomic E-state index is 11.9. The molecule has 38 heavy (non-hydrogen) atoms. The molecule has 0 aliphatic carbocycles. The Labute approximate surface area is 219 Å². The summed E-state index contributed by atoms with van der Waals surface area (Å²) >= 11 is 0. The van der Waals surface area contributed by atoms with Gasteiger partial charge < -0.3 is 44.2 Å². The maximum absolute atomic E-state index is 11.9. The Kier molecular flexibility index (Phi) is 14.9. The Balaban J connectivity index is 2.76. The fourth-order valence-electron chi connectivity index (χ4n) is 3.51. The third-order valence-corrected chi connectivity index (χ3v) is 4.94. The normalized spacial score (nSPS) is 22.6. The van der Waals surface area contributed by atoms with Crippen molar-refractivity contribution in [3.8, 4) is 0 Å². The van der Waals surface area contributed by atoms with Crippen molar-refractivity contribution in [3.63, 3.8) is 0 Å². The highest BCUT2D eigenvalue weighted by Crippen LogP contribution is 2.28. The van der Waals surface area contributed by atoms with Gasteiger partial charge in [0.25, 0.3) is 0 Å². The Hall–Kier alpha value is -3.30. The van der Waals surface area contributed by atoms with E-state index in [2.05, 4.69) is 10.6 Å². The smallest absolute Gasteiger partial charge is 0.303 e. The number of nitrogens with one attached hydrogen (secondary N) is 2. The zero-order valence-corrected chi connectivity index (χ0v) is 21.9. The van der Waals surface area contributed by atoms with Gasteiger partial charge in [-0.2, -0.15) is 0 Å². The molecule has 0 aromatic rings. The molecule has 5 atom stereocenters. The van der Waals surface area contributed by atoms with E-state index in [1.54, 1.807) is 0 Å². The van der Waals surface area contributed by atoms with Gasteiger partial charge in [0, 0.05) is 47.1 Å². The fraction of sp³-hybridized carbons (Fsp3) is 0.739. The van der Waals surface area contributed by atoms with E-state index in [1.807, 2.05) is 0 Å². The zero-order valence-electron chi connectivity index (χ0n) is 21.9. The van der Waals surface area contributed by atoms with Crippen LogP contribution in [0.2, 0.25) is 0 Å². The van der Waals surface area contributed by atoms with E-state index >= 15 is 0 Å². The predicted octanol–water partition coefficient (Wildman–Crippen LogP) is -0.953. The summed E-state index contributed by atoms with van der Waals surface area (Å²) in [6.45, 7) is 4.70. The van der Waals surface area contributed by atoms with Gasteiger partial charge in [0.15, 0.2) is 18.5 Å². The third-order valence-electron chi connectivity index (χ3n) is 4.94. The first-order valence-corrected chi connectivity index (χ1v) is 12.0. The molecule has 0 aromatic carbocycles. The summed E-state index contributed by atoms with van der Waals surface area (Å²) in [6.07, 6.45) is -4.50. The van der Waals surface area contributed by atoms with Crippen LogP contribution in [0.25, 0.3) is 0 Å². The lowest BCUT2D eigenvalue weighted by atomic mass is 9.96. The van der Waals surface area contributed by atoms with Gasteiger partial charge >= 0.3 is 23.9 Å². The number of aliphatic carboxylic acids is 1. The van der Waals surface area contributed by atoms with Crippen LogP contribution in [0.4, 0.5) is 0 Å². The highest BCUT2D eigenvalue weighted by molar-refractivity contribution is 5.76. The van der Waals surface area contributed by atoms with Crippen LogP contribution in [0, 0.1) is 0 Å². The molecule has 0 radical (unpaired) electrons. The summed E-state index contributed by atoms with van der Waals surface area (Å²) in [7, 11) is 0. The van der Waals surface area contributed by atoms with Gasteiger partial charge in [0.1, 0.15) is 18.8 Å². The molecule has 1 aliphatic rings. The van der Waals surface area contributed by atoms with Crippen LogP contribution in [0.3, 0.4) is 0 Å². The first-order valence-electron chi connectivity index (χ1n) is 12.0. The van der Waals surface area contributed by atoms with Crippen molar-refractivity contribution in [2.45, 2.75) is 77.6 Å². The van der Waals surface area contributed by atoms with E-state index in [4.69, 9.17) is 33.5 Å². The Morgan fingerprint density at radius 1 is 0.842 bits per heavy atom. The van der Waals surface area contributed by atoms with Crippen molar-refractivity contribution in [1.82, 2.24) is 10.6 Å². The van der Waals surface area contributed by atoms with E-state index < -0.39 is 60.4 Å². The summed E-state index contributed by atoms with van der Waals surface area (Å²) < 4.78 is 32.7. The molecule has 15 nitrogen and oxygen atoms in total. The van der Waals surface area contributed by atoms with E-state index in [-0.39, 0.29) is 58.1 Å². The summed E-state index contributed by atoms with van der Waals surface area (Å²) in [5, 5.41) is 13.8. The van der Waals surface area contributed by atoms with E-state index in [1.165, 1.54) is 13.8 Å². The van der Waals surface area contributed by atoms with E-state index in [0.717, 1.165) is 13.8 Å². The average molecular weight is 549 g/mol. The quantitative estimate of drug-likeness (QED) is 0.121. The van der Waals surface area contributed by atoms with Crippen molar-refractivity contribution >= 4 is 35.7 Å². The van der Waals surface area contributed by atoms with Gasteiger partial charge in [0.05, 0.1) is 19.8 Å². The Bertz CT molecular complexity index is 834. The minimum absolute atomic E-state index is 0.0430. The van der Waals surface area contributed by atoms with E-state index in [9.17, 15) is 28.8 Å². The Morgan fingerprint density at radius 2 is 1.50 bits per heavy atom. The van der Waals surface area contributed by atoms with Gasteiger partial charge in [-0.05, 0) is 6.42 Å². The van der Waals surface area contributed by atoms with Crippen LogP contribution < -0.4 is 10.6 Å². The Morgan fingerprint density at radius 3 is 2.08 bits per heavy atom. The zero-order chi connectivity index (χ0) is 28.7. The van der Waals surface area contributed by atoms with Crippen molar-refractivity contribution in [1.29, 1.82) is 0 Å². The first kappa shape index (κ1) is 32.7. The largest absolute Gasteiger partial charge is 0.481 e. The van der Waals surface area contributed by atoms with Gasteiger partial charge in [0.2, 0.25) is 11.8 Å². The fourth-order valence-corrected chi connectivity index (χ4v) is 3.51. The lowest BCUT2D eigenvalue weighted by molar-refractivity contribution is -0.279. The number of rotatable bonds is 16. The van der Waals surface area contributed by atoms with Crippen molar-refractivity contribution in [2.75, 3.05) is 33.0 Å². The number of carboxylic acid groups (broad SMARTS) is 1. The molecule has 3 N–H and O–H groups in total. The molecule has 1 heterocycles. The summed E-state index contributed by atoms with van der Waals surface area (Å²) in [5.74, 6) is -3.82. The molecule has 1 aliphatic heterocycles. The van der Waals surface area contributed by atoms with Gasteiger partial charge in [-0.3, -0.25) is 28.8 Å². The second-order valence-electron chi connectivity index (χ2n) is 8.30. The molecule has 2 amide bonds. The number of hydrogen-bond acceptors (Lipinski definition) is 12. The lowest BCUT2D eigenvalue weighted by Crippen LogP contribution is -2.66. The standard InChI is InChI=1S/C23H36N2O13/c1-13(26)25-20-22(37-16(4)29)21(36-15(3)28)17(12-35-14(2)27)38-23(20)34-11-10-33-9-8-24-18(30)6-5-7-19(31)32/h17,20-23H,5-12H2,1-4H3,(H,24,30)(H,25,26)(H,31,32). The first-order chi connectivity index (χ1) is 17.9. The molecule has 0 saturated carbocycles.